The molecule has 1 N–H and O–H groups in total. The first-order chi connectivity index (χ1) is 11.6. The Morgan fingerprint density at radius 3 is 2.88 bits per heavy atom. The average molecular weight is 326 g/mol. The Kier molecular flexibility index (Phi) is 4.69. The Balaban J connectivity index is 2.01. The lowest BCUT2D eigenvalue weighted by molar-refractivity contribution is 0.102. The van der Waals surface area contributed by atoms with Crippen LogP contribution in [0.1, 0.15) is 41.4 Å². The second-order valence-electron chi connectivity index (χ2n) is 5.99. The van der Waals surface area contributed by atoms with E-state index in [1.807, 2.05) is 24.3 Å². The van der Waals surface area contributed by atoms with Crippen LogP contribution in [0.4, 0.5) is 5.69 Å². The number of anilines is 1. The van der Waals surface area contributed by atoms with E-state index in [1.165, 1.54) is 13.2 Å². The summed E-state index contributed by atoms with van der Waals surface area (Å²) >= 11 is 0. The molecule has 1 aromatic heterocycles. The molecule has 1 amide bonds. The predicted octanol–water partition coefficient (Wildman–Crippen LogP) is 3.01. The van der Waals surface area contributed by atoms with E-state index < -0.39 is 0 Å². The molecule has 1 aliphatic rings. The van der Waals surface area contributed by atoms with Gasteiger partial charge in [0.05, 0.1) is 7.11 Å². The van der Waals surface area contributed by atoms with Crippen molar-refractivity contribution in [1.82, 2.24) is 4.57 Å². The number of aryl methyl sites for hydroxylation is 1. The molecular weight excluding hydrogens is 304 g/mol. The number of methoxy groups -OCH3 is 1. The molecule has 1 aliphatic heterocycles. The van der Waals surface area contributed by atoms with Crippen molar-refractivity contribution < 1.29 is 9.53 Å². The molecule has 2 heterocycles. The molecular formula is C19H22N2O3. The molecule has 0 fully saturated rings. The van der Waals surface area contributed by atoms with Crippen LogP contribution in [0.15, 0.2) is 35.1 Å². The number of hydrogen-bond donors (Lipinski definition) is 1. The fraction of sp³-hybridized carbons (Fsp3) is 0.368. The molecule has 1 aromatic carbocycles. The van der Waals surface area contributed by atoms with Gasteiger partial charge in [-0.2, -0.15) is 0 Å². The third kappa shape index (κ3) is 3.07. The van der Waals surface area contributed by atoms with Gasteiger partial charge in [-0.1, -0.05) is 19.1 Å². The topological polar surface area (TPSA) is 60.3 Å². The summed E-state index contributed by atoms with van der Waals surface area (Å²) < 4.78 is 7.02. The van der Waals surface area contributed by atoms with E-state index in [1.54, 1.807) is 4.57 Å². The summed E-state index contributed by atoms with van der Waals surface area (Å²) in [5.74, 6) is 0.114. The fourth-order valence-corrected chi connectivity index (χ4v) is 3.21. The molecule has 5 nitrogen and oxygen atoms in total. The van der Waals surface area contributed by atoms with Crippen molar-refractivity contribution in [2.75, 3.05) is 12.4 Å². The molecule has 2 aromatic rings. The summed E-state index contributed by atoms with van der Waals surface area (Å²) in [7, 11) is 1.49. The highest BCUT2D eigenvalue weighted by Gasteiger charge is 2.24. The zero-order chi connectivity index (χ0) is 17.1. The van der Waals surface area contributed by atoms with Crippen LogP contribution in [0.25, 0.3) is 0 Å². The highest BCUT2D eigenvalue weighted by atomic mass is 16.5. The van der Waals surface area contributed by atoms with E-state index in [0.29, 0.717) is 24.3 Å². The molecule has 24 heavy (non-hydrogen) atoms. The first kappa shape index (κ1) is 16.3. The maximum absolute atomic E-state index is 12.9. The number of aromatic nitrogens is 1. The minimum absolute atomic E-state index is 0.105. The highest BCUT2D eigenvalue weighted by molar-refractivity contribution is 6.07. The lowest BCUT2D eigenvalue weighted by Gasteiger charge is -2.22. The number of fused-ring (bicyclic) bond motifs is 1. The SMILES string of the molecule is CCc1cccc(NC(=O)c2c(OC)cc(=O)n3c2CCCC3)c1. The molecule has 3 rings (SSSR count). The van der Waals surface area contributed by atoms with Gasteiger partial charge in [0.1, 0.15) is 11.3 Å². The summed E-state index contributed by atoms with van der Waals surface area (Å²) in [6.45, 7) is 2.73. The lowest BCUT2D eigenvalue weighted by Crippen LogP contribution is -2.30. The van der Waals surface area contributed by atoms with E-state index >= 15 is 0 Å². The summed E-state index contributed by atoms with van der Waals surface area (Å²) in [5, 5.41) is 2.94. The number of pyridine rings is 1. The Hall–Kier alpha value is -2.56. The van der Waals surface area contributed by atoms with Crippen molar-refractivity contribution in [3.63, 3.8) is 0 Å². The van der Waals surface area contributed by atoms with E-state index in [2.05, 4.69) is 12.2 Å². The molecule has 0 radical (unpaired) electrons. The predicted molar refractivity (Wildman–Crippen MR) is 94.0 cm³/mol. The summed E-state index contributed by atoms with van der Waals surface area (Å²) in [6, 6.07) is 9.19. The Morgan fingerprint density at radius 1 is 1.29 bits per heavy atom. The van der Waals surface area contributed by atoms with Gasteiger partial charge in [0.2, 0.25) is 0 Å². The van der Waals surface area contributed by atoms with E-state index in [4.69, 9.17) is 4.74 Å². The minimum Gasteiger partial charge on any atom is -0.496 e. The molecule has 0 unspecified atom stereocenters. The monoisotopic (exact) mass is 326 g/mol. The van der Waals surface area contributed by atoms with Crippen LogP contribution in [-0.4, -0.2) is 17.6 Å². The number of nitrogens with zero attached hydrogens (tertiary/aromatic N) is 1. The normalized spacial score (nSPS) is 13.2. The number of hydrogen-bond acceptors (Lipinski definition) is 3. The van der Waals surface area contributed by atoms with Gasteiger partial charge in [0.15, 0.2) is 0 Å². The van der Waals surface area contributed by atoms with E-state index in [0.717, 1.165) is 36.2 Å². The third-order valence-corrected chi connectivity index (χ3v) is 4.47. The van der Waals surface area contributed by atoms with Crippen molar-refractivity contribution in [3.05, 3.63) is 57.5 Å². The van der Waals surface area contributed by atoms with Crippen LogP contribution in [0.5, 0.6) is 5.75 Å². The fourth-order valence-electron chi connectivity index (χ4n) is 3.21. The molecule has 0 bridgehead atoms. The Bertz CT molecular complexity index is 824. The van der Waals surface area contributed by atoms with Crippen LogP contribution in [-0.2, 0) is 19.4 Å². The molecule has 0 saturated carbocycles. The zero-order valence-corrected chi connectivity index (χ0v) is 14.1. The molecule has 0 spiro atoms. The van der Waals surface area contributed by atoms with Crippen molar-refractivity contribution in [3.8, 4) is 5.75 Å². The molecule has 5 heteroatoms. The highest BCUT2D eigenvalue weighted by Crippen LogP contribution is 2.26. The van der Waals surface area contributed by atoms with Gasteiger partial charge in [0.25, 0.3) is 11.5 Å². The zero-order valence-electron chi connectivity index (χ0n) is 14.1. The maximum Gasteiger partial charge on any atom is 0.261 e. The van der Waals surface area contributed by atoms with Crippen LogP contribution < -0.4 is 15.6 Å². The first-order valence-electron chi connectivity index (χ1n) is 8.35. The molecule has 0 aliphatic carbocycles. The standard InChI is InChI=1S/C19H22N2O3/c1-3-13-7-6-8-14(11-13)20-19(23)18-15-9-4-5-10-21(15)17(22)12-16(18)24-2/h6-8,11-12H,3-5,9-10H2,1-2H3,(H,20,23). The van der Waals surface area contributed by atoms with Crippen LogP contribution >= 0.6 is 0 Å². The second kappa shape index (κ2) is 6.91. The molecule has 0 saturated heterocycles. The van der Waals surface area contributed by atoms with Crippen molar-refractivity contribution in [1.29, 1.82) is 0 Å². The van der Waals surface area contributed by atoms with E-state index in [-0.39, 0.29) is 11.5 Å². The number of carbonyl (C=O) groups excluding carboxylic acids is 1. The van der Waals surface area contributed by atoms with Gasteiger partial charge in [-0.3, -0.25) is 9.59 Å². The summed E-state index contributed by atoms with van der Waals surface area (Å²) in [6.07, 6.45) is 3.55. The third-order valence-electron chi connectivity index (χ3n) is 4.47. The first-order valence-corrected chi connectivity index (χ1v) is 8.35. The Morgan fingerprint density at radius 2 is 2.12 bits per heavy atom. The van der Waals surface area contributed by atoms with Crippen molar-refractivity contribution in [2.45, 2.75) is 39.2 Å². The van der Waals surface area contributed by atoms with Gasteiger partial charge in [-0.05, 0) is 43.4 Å². The lowest BCUT2D eigenvalue weighted by atomic mass is 10.0. The maximum atomic E-state index is 12.9. The average Bonchev–Trinajstić information content (AvgIpc) is 2.61. The van der Waals surface area contributed by atoms with Gasteiger partial charge in [0, 0.05) is 24.0 Å². The smallest absolute Gasteiger partial charge is 0.261 e. The molecule has 126 valence electrons. The number of nitrogens with one attached hydrogen (secondary N) is 1. The van der Waals surface area contributed by atoms with Crippen molar-refractivity contribution in [2.24, 2.45) is 0 Å². The quantitative estimate of drug-likeness (QED) is 0.939. The van der Waals surface area contributed by atoms with Gasteiger partial charge in [-0.25, -0.2) is 0 Å². The second-order valence-corrected chi connectivity index (χ2v) is 5.99. The number of carbonyl (C=O) groups is 1. The molecule has 0 atom stereocenters. The van der Waals surface area contributed by atoms with Crippen LogP contribution in [0.3, 0.4) is 0 Å². The van der Waals surface area contributed by atoms with Gasteiger partial charge in [-0.15, -0.1) is 0 Å². The van der Waals surface area contributed by atoms with Crippen LogP contribution in [0.2, 0.25) is 0 Å². The van der Waals surface area contributed by atoms with E-state index in [9.17, 15) is 9.59 Å². The van der Waals surface area contributed by atoms with Crippen LogP contribution in [0, 0.1) is 0 Å². The largest absolute Gasteiger partial charge is 0.496 e. The minimum atomic E-state index is -0.231. The van der Waals surface area contributed by atoms with Gasteiger partial charge >= 0.3 is 0 Å². The number of amides is 1. The van der Waals surface area contributed by atoms with Crippen molar-refractivity contribution >= 4 is 11.6 Å². The number of ether oxygens (including phenoxy) is 1. The summed E-state index contributed by atoms with van der Waals surface area (Å²) in [4.78, 5) is 25.1. The Labute approximate surface area is 141 Å². The summed E-state index contributed by atoms with van der Waals surface area (Å²) in [5.41, 5.74) is 3.05. The number of benzene rings is 1. The van der Waals surface area contributed by atoms with Gasteiger partial charge < -0.3 is 14.6 Å². The number of rotatable bonds is 4.